The fourth-order valence-corrected chi connectivity index (χ4v) is 7.35. The summed E-state index contributed by atoms with van der Waals surface area (Å²) in [6, 6.07) is 52.0. The van der Waals surface area contributed by atoms with Crippen molar-refractivity contribution in [1.29, 1.82) is 0 Å². The van der Waals surface area contributed by atoms with Gasteiger partial charge in [0.1, 0.15) is 0 Å². The lowest BCUT2D eigenvalue weighted by atomic mass is 9.67. The fraction of sp³-hybridized carbons (Fsp3) is 0.0222. The molecule has 4 nitrogen and oxygen atoms in total. The lowest BCUT2D eigenvalue weighted by Crippen LogP contribution is -2.28. The number of pyridine rings is 4. The van der Waals surface area contributed by atoms with Gasteiger partial charge in [0.25, 0.3) is 0 Å². The molecule has 0 amide bonds. The highest BCUT2D eigenvalue weighted by molar-refractivity contribution is 5.90. The summed E-state index contributed by atoms with van der Waals surface area (Å²) in [6.45, 7) is 0. The molecule has 0 unspecified atom stereocenters. The first-order valence-corrected chi connectivity index (χ1v) is 16.4. The van der Waals surface area contributed by atoms with Crippen LogP contribution in [0.2, 0.25) is 0 Å². The number of benzene rings is 4. The molecule has 0 fully saturated rings. The monoisotopic (exact) mass is 626 g/mol. The van der Waals surface area contributed by atoms with Crippen molar-refractivity contribution in [1.82, 2.24) is 19.9 Å². The zero-order valence-electron chi connectivity index (χ0n) is 26.6. The van der Waals surface area contributed by atoms with E-state index in [0.29, 0.717) is 0 Å². The van der Waals surface area contributed by atoms with Crippen LogP contribution in [0, 0.1) is 0 Å². The summed E-state index contributed by atoms with van der Waals surface area (Å²) in [5.41, 5.74) is 15.1. The molecule has 1 aliphatic carbocycles. The Labute approximate surface area is 285 Å². The quantitative estimate of drug-likeness (QED) is 0.184. The number of fused-ring (bicyclic) bond motifs is 3. The van der Waals surface area contributed by atoms with E-state index in [1.165, 1.54) is 33.4 Å². The molecule has 4 aromatic carbocycles. The second-order valence-corrected chi connectivity index (χ2v) is 12.4. The lowest BCUT2D eigenvalue weighted by Gasteiger charge is -2.34. The maximum Gasteiger partial charge on any atom is 0.0717 e. The van der Waals surface area contributed by atoms with Gasteiger partial charge < -0.3 is 0 Å². The molecule has 0 atom stereocenters. The van der Waals surface area contributed by atoms with Gasteiger partial charge >= 0.3 is 0 Å². The van der Waals surface area contributed by atoms with E-state index in [-0.39, 0.29) is 0 Å². The van der Waals surface area contributed by atoms with Crippen molar-refractivity contribution in [3.8, 4) is 55.9 Å². The Morgan fingerprint density at radius 1 is 0.347 bits per heavy atom. The van der Waals surface area contributed by atoms with E-state index in [4.69, 9.17) is 9.97 Å². The molecule has 0 aliphatic heterocycles. The molecule has 9 rings (SSSR count). The van der Waals surface area contributed by atoms with E-state index in [1.54, 1.807) is 12.4 Å². The Bertz CT molecular complexity index is 2220. The van der Waals surface area contributed by atoms with Crippen LogP contribution >= 0.6 is 0 Å². The molecule has 4 heteroatoms. The SMILES string of the molecule is c1ccc(C2(c3ccccc3)c3cc(-c4ccc(-c5cccnc5)nc4)ccc3-c3ccc(-c4ccc(-c5cccnc5)nc4)cc32)cc1. The molecular weight excluding hydrogens is 597 g/mol. The summed E-state index contributed by atoms with van der Waals surface area (Å²) in [5, 5.41) is 0. The lowest BCUT2D eigenvalue weighted by molar-refractivity contribution is 0.769. The minimum absolute atomic E-state index is 0.536. The summed E-state index contributed by atoms with van der Waals surface area (Å²) in [6.07, 6.45) is 11.2. The van der Waals surface area contributed by atoms with Crippen molar-refractivity contribution in [3.63, 3.8) is 0 Å². The van der Waals surface area contributed by atoms with Crippen molar-refractivity contribution in [2.24, 2.45) is 0 Å². The van der Waals surface area contributed by atoms with Gasteiger partial charge in [-0.2, -0.15) is 0 Å². The average Bonchev–Trinajstić information content (AvgIpc) is 3.49. The van der Waals surface area contributed by atoms with E-state index in [1.807, 2.05) is 49.1 Å². The second kappa shape index (κ2) is 11.9. The summed E-state index contributed by atoms with van der Waals surface area (Å²) in [5.74, 6) is 0. The van der Waals surface area contributed by atoms with E-state index in [9.17, 15) is 0 Å². The van der Waals surface area contributed by atoms with Crippen molar-refractivity contribution in [2.45, 2.75) is 5.41 Å². The molecule has 0 radical (unpaired) electrons. The van der Waals surface area contributed by atoms with Crippen LogP contribution in [0.5, 0.6) is 0 Å². The number of aromatic nitrogens is 4. The molecule has 0 saturated heterocycles. The molecular formula is C45H30N4. The number of hydrogen-bond acceptors (Lipinski definition) is 4. The standard InChI is InChI=1S/C45H30N4/c1-3-11-37(12-4-1)45(38-13-5-2-6-14-38)41-25-31(33-17-21-43(48-29-33)35-9-7-23-46-27-35)15-19-39(41)40-20-16-32(26-42(40)45)34-18-22-44(49-30-34)36-10-8-24-47-28-36/h1-30H. The van der Waals surface area contributed by atoms with Gasteiger partial charge in [-0.25, -0.2) is 0 Å². The van der Waals surface area contributed by atoms with Gasteiger partial charge in [0, 0.05) is 59.4 Å². The highest BCUT2D eigenvalue weighted by atomic mass is 14.7. The fourth-order valence-electron chi connectivity index (χ4n) is 7.35. The molecule has 0 spiro atoms. The average molecular weight is 627 g/mol. The van der Waals surface area contributed by atoms with Crippen LogP contribution in [0.4, 0.5) is 0 Å². The topological polar surface area (TPSA) is 51.6 Å². The Morgan fingerprint density at radius 3 is 1.18 bits per heavy atom. The van der Waals surface area contributed by atoms with Gasteiger partial charge in [-0.05, 0) is 93.0 Å². The Morgan fingerprint density at radius 2 is 0.796 bits per heavy atom. The Kier molecular flexibility index (Phi) is 6.98. The summed E-state index contributed by atoms with van der Waals surface area (Å²) >= 11 is 0. The van der Waals surface area contributed by atoms with Gasteiger partial charge in [0.05, 0.1) is 16.8 Å². The van der Waals surface area contributed by atoms with Gasteiger partial charge in [0.15, 0.2) is 0 Å². The van der Waals surface area contributed by atoms with Crippen molar-refractivity contribution in [2.75, 3.05) is 0 Å². The maximum atomic E-state index is 4.83. The van der Waals surface area contributed by atoms with Gasteiger partial charge in [-0.15, -0.1) is 0 Å². The van der Waals surface area contributed by atoms with E-state index >= 15 is 0 Å². The second-order valence-electron chi connectivity index (χ2n) is 12.4. The van der Waals surface area contributed by atoms with Crippen LogP contribution in [0.3, 0.4) is 0 Å². The minimum Gasteiger partial charge on any atom is -0.264 e. The van der Waals surface area contributed by atoms with E-state index in [0.717, 1.165) is 44.8 Å². The third-order valence-corrected chi connectivity index (χ3v) is 9.66. The van der Waals surface area contributed by atoms with Crippen molar-refractivity contribution >= 4 is 0 Å². The molecule has 0 bridgehead atoms. The summed E-state index contributed by atoms with van der Waals surface area (Å²) < 4.78 is 0. The van der Waals surface area contributed by atoms with Crippen LogP contribution in [0.25, 0.3) is 55.9 Å². The van der Waals surface area contributed by atoms with E-state index < -0.39 is 5.41 Å². The van der Waals surface area contributed by atoms with Gasteiger partial charge in [-0.3, -0.25) is 19.9 Å². The third-order valence-electron chi connectivity index (χ3n) is 9.66. The number of nitrogens with zero attached hydrogens (tertiary/aromatic N) is 4. The zero-order valence-corrected chi connectivity index (χ0v) is 26.6. The predicted octanol–water partition coefficient (Wildman–Crippen LogP) is 10.3. The van der Waals surface area contributed by atoms with Crippen LogP contribution in [-0.2, 0) is 5.41 Å². The Hall–Kier alpha value is -6.52. The first kappa shape index (κ1) is 28.7. The molecule has 4 aromatic heterocycles. The molecule has 4 heterocycles. The van der Waals surface area contributed by atoms with Gasteiger partial charge in [0.2, 0.25) is 0 Å². The molecule has 49 heavy (non-hydrogen) atoms. The molecule has 230 valence electrons. The van der Waals surface area contributed by atoms with Crippen molar-refractivity contribution in [3.05, 3.63) is 205 Å². The van der Waals surface area contributed by atoms with Crippen LogP contribution in [0.1, 0.15) is 22.3 Å². The normalized spacial score (nSPS) is 12.7. The number of rotatable bonds is 6. The van der Waals surface area contributed by atoms with Crippen LogP contribution in [0.15, 0.2) is 183 Å². The maximum absolute atomic E-state index is 4.83. The Balaban J connectivity index is 1.22. The molecule has 1 aliphatic rings. The summed E-state index contributed by atoms with van der Waals surface area (Å²) in [4.78, 5) is 18.2. The molecule has 0 N–H and O–H groups in total. The van der Waals surface area contributed by atoms with Crippen LogP contribution < -0.4 is 0 Å². The third kappa shape index (κ3) is 4.85. The smallest absolute Gasteiger partial charge is 0.0717 e. The van der Waals surface area contributed by atoms with E-state index in [2.05, 4.69) is 131 Å². The van der Waals surface area contributed by atoms with Crippen LogP contribution in [-0.4, -0.2) is 19.9 Å². The molecule has 8 aromatic rings. The first-order valence-electron chi connectivity index (χ1n) is 16.4. The minimum atomic E-state index is -0.536. The number of hydrogen-bond donors (Lipinski definition) is 0. The first-order chi connectivity index (χ1) is 24.3. The highest BCUT2D eigenvalue weighted by Crippen LogP contribution is 2.57. The highest BCUT2D eigenvalue weighted by Gasteiger charge is 2.46. The zero-order chi connectivity index (χ0) is 32.6. The van der Waals surface area contributed by atoms with Crippen molar-refractivity contribution < 1.29 is 0 Å². The summed E-state index contributed by atoms with van der Waals surface area (Å²) in [7, 11) is 0. The largest absolute Gasteiger partial charge is 0.264 e. The van der Waals surface area contributed by atoms with Gasteiger partial charge in [-0.1, -0.05) is 97.1 Å². The molecule has 0 saturated carbocycles. The predicted molar refractivity (Wildman–Crippen MR) is 197 cm³/mol.